The van der Waals surface area contributed by atoms with Gasteiger partial charge in [0.05, 0.1) is 19.9 Å². The first kappa shape index (κ1) is 17.5. The lowest BCUT2D eigenvalue weighted by atomic mass is 10.2. The van der Waals surface area contributed by atoms with E-state index in [1.165, 1.54) is 0 Å². The topological polar surface area (TPSA) is 59.9 Å². The van der Waals surface area contributed by atoms with Crippen LogP contribution in [0, 0.1) is 5.92 Å². The second-order valence-corrected chi connectivity index (χ2v) is 5.70. The molecule has 2 aromatic carbocycles. The lowest BCUT2D eigenvalue weighted by Gasteiger charge is -2.08. The van der Waals surface area contributed by atoms with E-state index >= 15 is 0 Å². The third-order valence-electron chi connectivity index (χ3n) is 3.17. The Morgan fingerprint density at radius 3 is 2.58 bits per heavy atom. The molecule has 0 fully saturated rings. The van der Waals surface area contributed by atoms with E-state index in [9.17, 15) is 4.79 Å². The predicted molar refractivity (Wildman–Crippen MR) is 94.8 cm³/mol. The third kappa shape index (κ3) is 5.43. The molecule has 5 heteroatoms. The molecular formula is C19H22N2O3. The Morgan fingerprint density at radius 2 is 1.92 bits per heavy atom. The normalized spacial score (nSPS) is 10.8. The van der Waals surface area contributed by atoms with Gasteiger partial charge in [0.2, 0.25) is 0 Å². The van der Waals surface area contributed by atoms with Gasteiger partial charge in [-0.05, 0) is 47.9 Å². The van der Waals surface area contributed by atoms with Gasteiger partial charge < -0.3 is 9.47 Å². The quantitative estimate of drug-likeness (QED) is 0.626. The molecule has 2 rings (SSSR count). The summed E-state index contributed by atoms with van der Waals surface area (Å²) >= 11 is 0. The highest BCUT2D eigenvalue weighted by atomic mass is 16.5. The Balaban J connectivity index is 1.90. The molecule has 0 aliphatic carbocycles. The minimum Gasteiger partial charge on any atom is -0.497 e. The fourth-order valence-corrected chi connectivity index (χ4v) is 1.92. The van der Waals surface area contributed by atoms with Crippen LogP contribution in [0.1, 0.15) is 29.8 Å². The molecule has 0 saturated carbocycles. The standard InChI is InChI=1S/C19H22N2O3/c1-14(2)13-24-17-9-7-16(8-10-17)19(22)21-20-12-15-5-4-6-18(11-15)23-3/h4-12,14H,13H2,1-3H3,(H,21,22). The van der Waals surface area contributed by atoms with Gasteiger partial charge in [-0.3, -0.25) is 4.79 Å². The molecule has 0 saturated heterocycles. The summed E-state index contributed by atoms with van der Waals surface area (Å²) in [4.78, 5) is 12.0. The molecule has 2 aromatic rings. The summed E-state index contributed by atoms with van der Waals surface area (Å²) in [5, 5.41) is 3.96. The number of carbonyl (C=O) groups is 1. The summed E-state index contributed by atoms with van der Waals surface area (Å²) in [5.41, 5.74) is 3.87. The number of benzene rings is 2. The Bertz CT molecular complexity index is 694. The maximum absolute atomic E-state index is 12.0. The van der Waals surface area contributed by atoms with Gasteiger partial charge in [0.15, 0.2) is 0 Å². The van der Waals surface area contributed by atoms with Crippen LogP contribution >= 0.6 is 0 Å². The van der Waals surface area contributed by atoms with Crippen molar-refractivity contribution in [3.05, 3.63) is 59.7 Å². The highest BCUT2D eigenvalue weighted by molar-refractivity contribution is 5.95. The molecule has 1 N–H and O–H groups in total. The Labute approximate surface area is 142 Å². The van der Waals surface area contributed by atoms with Gasteiger partial charge in [0.1, 0.15) is 11.5 Å². The van der Waals surface area contributed by atoms with Gasteiger partial charge in [-0.1, -0.05) is 26.0 Å². The van der Waals surface area contributed by atoms with Crippen LogP contribution < -0.4 is 14.9 Å². The van der Waals surface area contributed by atoms with E-state index in [1.807, 2.05) is 24.3 Å². The summed E-state index contributed by atoms with van der Waals surface area (Å²) in [6, 6.07) is 14.4. The zero-order valence-electron chi connectivity index (χ0n) is 14.2. The molecular weight excluding hydrogens is 304 g/mol. The van der Waals surface area contributed by atoms with Gasteiger partial charge in [-0.15, -0.1) is 0 Å². The van der Waals surface area contributed by atoms with E-state index in [0.717, 1.165) is 17.1 Å². The highest BCUT2D eigenvalue weighted by Gasteiger charge is 2.04. The zero-order valence-corrected chi connectivity index (χ0v) is 14.2. The van der Waals surface area contributed by atoms with Gasteiger partial charge in [-0.2, -0.15) is 5.10 Å². The average Bonchev–Trinajstić information content (AvgIpc) is 2.60. The Kier molecular flexibility index (Phi) is 6.37. The van der Waals surface area contributed by atoms with Crippen molar-refractivity contribution < 1.29 is 14.3 Å². The molecule has 0 aliphatic heterocycles. The summed E-state index contributed by atoms with van der Waals surface area (Å²) in [5.74, 6) is 1.67. The van der Waals surface area contributed by atoms with E-state index < -0.39 is 0 Å². The molecule has 0 unspecified atom stereocenters. The molecule has 0 aliphatic rings. The number of hydrogen-bond donors (Lipinski definition) is 1. The van der Waals surface area contributed by atoms with Gasteiger partial charge in [-0.25, -0.2) is 5.43 Å². The van der Waals surface area contributed by atoms with Crippen molar-refractivity contribution in [2.75, 3.05) is 13.7 Å². The number of rotatable bonds is 7. The summed E-state index contributed by atoms with van der Waals surface area (Å²) in [6.07, 6.45) is 1.57. The number of hydrazone groups is 1. The van der Waals surface area contributed by atoms with Crippen LogP contribution in [0.5, 0.6) is 11.5 Å². The second-order valence-electron chi connectivity index (χ2n) is 5.70. The zero-order chi connectivity index (χ0) is 17.4. The third-order valence-corrected chi connectivity index (χ3v) is 3.17. The number of ether oxygens (including phenoxy) is 2. The molecule has 126 valence electrons. The first-order valence-electron chi connectivity index (χ1n) is 7.79. The molecule has 0 aromatic heterocycles. The van der Waals surface area contributed by atoms with E-state index in [-0.39, 0.29) is 5.91 Å². The summed E-state index contributed by atoms with van der Waals surface area (Å²) in [7, 11) is 1.60. The lowest BCUT2D eigenvalue weighted by molar-refractivity contribution is 0.0955. The first-order valence-corrected chi connectivity index (χ1v) is 7.79. The number of carbonyl (C=O) groups excluding carboxylic acids is 1. The SMILES string of the molecule is COc1cccc(C=NNC(=O)c2ccc(OCC(C)C)cc2)c1. The molecule has 5 nitrogen and oxygen atoms in total. The highest BCUT2D eigenvalue weighted by Crippen LogP contribution is 2.13. The van der Waals surface area contributed by atoms with Crippen molar-refractivity contribution in [2.45, 2.75) is 13.8 Å². The van der Waals surface area contributed by atoms with Crippen LogP contribution in [0.4, 0.5) is 0 Å². The van der Waals surface area contributed by atoms with Gasteiger partial charge >= 0.3 is 0 Å². The van der Waals surface area contributed by atoms with E-state index in [2.05, 4.69) is 24.4 Å². The maximum Gasteiger partial charge on any atom is 0.271 e. The van der Waals surface area contributed by atoms with Crippen LogP contribution in [0.3, 0.4) is 0 Å². The number of methoxy groups -OCH3 is 1. The van der Waals surface area contributed by atoms with Gasteiger partial charge in [0.25, 0.3) is 5.91 Å². The van der Waals surface area contributed by atoms with E-state index in [1.54, 1.807) is 37.6 Å². The van der Waals surface area contributed by atoms with Crippen molar-refractivity contribution in [3.8, 4) is 11.5 Å². The van der Waals surface area contributed by atoms with Crippen molar-refractivity contribution >= 4 is 12.1 Å². The Morgan fingerprint density at radius 1 is 1.17 bits per heavy atom. The van der Waals surface area contributed by atoms with Crippen molar-refractivity contribution in [3.63, 3.8) is 0 Å². The van der Waals surface area contributed by atoms with Crippen LogP contribution in [0.25, 0.3) is 0 Å². The van der Waals surface area contributed by atoms with Crippen molar-refractivity contribution in [1.82, 2.24) is 5.43 Å². The Hall–Kier alpha value is -2.82. The lowest BCUT2D eigenvalue weighted by Crippen LogP contribution is -2.17. The van der Waals surface area contributed by atoms with Crippen LogP contribution in [-0.2, 0) is 0 Å². The number of nitrogens with zero attached hydrogens (tertiary/aromatic N) is 1. The average molecular weight is 326 g/mol. The maximum atomic E-state index is 12.0. The molecule has 0 heterocycles. The van der Waals surface area contributed by atoms with E-state index in [4.69, 9.17) is 9.47 Å². The molecule has 1 amide bonds. The number of amides is 1. The largest absolute Gasteiger partial charge is 0.497 e. The van der Waals surface area contributed by atoms with E-state index in [0.29, 0.717) is 18.1 Å². The molecule has 0 radical (unpaired) electrons. The summed E-state index contributed by atoms with van der Waals surface area (Å²) < 4.78 is 10.7. The molecule has 0 spiro atoms. The van der Waals surface area contributed by atoms with Crippen LogP contribution in [0.2, 0.25) is 0 Å². The minimum atomic E-state index is -0.274. The fourth-order valence-electron chi connectivity index (χ4n) is 1.92. The molecule has 0 bridgehead atoms. The summed E-state index contributed by atoms with van der Waals surface area (Å²) in [6.45, 7) is 4.82. The molecule has 24 heavy (non-hydrogen) atoms. The fraction of sp³-hybridized carbons (Fsp3) is 0.263. The number of hydrogen-bond acceptors (Lipinski definition) is 4. The smallest absolute Gasteiger partial charge is 0.271 e. The second kappa shape index (κ2) is 8.72. The van der Waals surface area contributed by atoms with Crippen LogP contribution in [0.15, 0.2) is 53.6 Å². The minimum absolute atomic E-state index is 0.274. The number of nitrogens with one attached hydrogen (secondary N) is 1. The van der Waals surface area contributed by atoms with Crippen molar-refractivity contribution in [1.29, 1.82) is 0 Å². The van der Waals surface area contributed by atoms with Gasteiger partial charge in [0, 0.05) is 5.56 Å². The monoisotopic (exact) mass is 326 g/mol. The predicted octanol–water partition coefficient (Wildman–Crippen LogP) is 3.49. The van der Waals surface area contributed by atoms with Crippen molar-refractivity contribution in [2.24, 2.45) is 11.0 Å². The van der Waals surface area contributed by atoms with Crippen LogP contribution in [-0.4, -0.2) is 25.8 Å². The molecule has 0 atom stereocenters. The first-order chi connectivity index (χ1) is 11.6.